The average Bonchev–Trinajstić information content (AvgIpc) is 2.67. The van der Waals surface area contributed by atoms with E-state index in [1.807, 2.05) is 0 Å². The number of rotatable bonds is 1. The van der Waals surface area contributed by atoms with Crippen LogP contribution in [0.2, 0.25) is 0 Å². The first kappa shape index (κ1) is 10.1. The first-order valence-corrected chi connectivity index (χ1v) is 6.57. The van der Waals surface area contributed by atoms with Crippen LogP contribution in [0.3, 0.4) is 0 Å². The first-order valence-electron chi connectivity index (χ1n) is 6.57. The molecule has 0 aromatic heterocycles. The monoisotopic (exact) mass is 212 g/mol. The Morgan fingerprint density at radius 1 is 0.938 bits per heavy atom. The highest BCUT2D eigenvalue weighted by Gasteiger charge is 2.37. The minimum absolute atomic E-state index is 0.545. The van der Waals surface area contributed by atoms with Crippen molar-refractivity contribution in [2.24, 2.45) is 5.41 Å². The van der Waals surface area contributed by atoms with Crippen LogP contribution in [-0.4, -0.2) is 0 Å². The van der Waals surface area contributed by atoms with Crippen molar-refractivity contribution in [1.82, 2.24) is 0 Å². The van der Waals surface area contributed by atoms with Gasteiger partial charge in [-0.3, -0.25) is 0 Å². The molecule has 0 aliphatic heterocycles. The number of benzene rings is 1. The first-order chi connectivity index (χ1) is 7.80. The summed E-state index contributed by atoms with van der Waals surface area (Å²) < 4.78 is 0. The lowest BCUT2D eigenvalue weighted by Crippen LogP contribution is -2.19. The van der Waals surface area contributed by atoms with E-state index in [0.717, 1.165) is 0 Å². The summed E-state index contributed by atoms with van der Waals surface area (Å²) in [5.41, 5.74) is 5.47. The fourth-order valence-corrected chi connectivity index (χ4v) is 3.57. The van der Waals surface area contributed by atoms with E-state index in [1.54, 1.807) is 11.1 Å². The van der Waals surface area contributed by atoms with E-state index >= 15 is 0 Å². The van der Waals surface area contributed by atoms with Gasteiger partial charge in [-0.15, -0.1) is 0 Å². The second-order valence-electron chi connectivity index (χ2n) is 5.59. The van der Waals surface area contributed by atoms with Crippen LogP contribution in [0.5, 0.6) is 0 Å². The highest BCUT2D eigenvalue weighted by molar-refractivity contribution is 5.72. The van der Waals surface area contributed by atoms with Crippen LogP contribution in [-0.2, 0) is 0 Å². The van der Waals surface area contributed by atoms with Gasteiger partial charge in [0.05, 0.1) is 0 Å². The van der Waals surface area contributed by atoms with Crippen molar-refractivity contribution < 1.29 is 0 Å². The van der Waals surface area contributed by atoms with Gasteiger partial charge in [-0.05, 0) is 48.7 Å². The molecule has 0 heterocycles. The van der Waals surface area contributed by atoms with Crippen molar-refractivity contribution in [3.63, 3.8) is 0 Å². The maximum absolute atomic E-state index is 2.48. The zero-order chi connectivity index (χ0) is 11.0. The molecule has 2 aliphatic rings. The smallest absolute Gasteiger partial charge is 0.0107 e. The van der Waals surface area contributed by atoms with E-state index in [1.165, 1.54) is 44.1 Å². The van der Waals surface area contributed by atoms with Crippen molar-refractivity contribution in [3.8, 4) is 0 Å². The Kier molecular flexibility index (Phi) is 2.38. The van der Waals surface area contributed by atoms with Gasteiger partial charge in [-0.1, -0.05) is 49.2 Å². The lowest BCUT2D eigenvalue weighted by Gasteiger charge is -2.33. The topological polar surface area (TPSA) is 0 Å². The van der Waals surface area contributed by atoms with E-state index < -0.39 is 0 Å². The van der Waals surface area contributed by atoms with Crippen molar-refractivity contribution in [1.29, 1.82) is 0 Å². The van der Waals surface area contributed by atoms with Gasteiger partial charge >= 0.3 is 0 Å². The standard InChI is InChI=1S/C16H20/c1-16-11-6-5-9-15(16)14(10-12-16)13-7-3-2-4-8-13/h2-4,7-8H,5-6,9-12H2,1H3. The number of hydrogen-bond acceptors (Lipinski definition) is 0. The van der Waals surface area contributed by atoms with Crippen LogP contribution in [0.1, 0.15) is 51.0 Å². The number of allylic oxidation sites excluding steroid dienone is 2. The molecule has 0 bridgehead atoms. The molecule has 0 nitrogen and oxygen atoms in total. The Hall–Kier alpha value is -1.04. The van der Waals surface area contributed by atoms with Crippen molar-refractivity contribution >= 4 is 5.57 Å². The van der Waals surface area contributed by atoms with Gasteiger partial charge in [0.25, 0.3) is 0 Å². The maximum Gasteiger partial charge on any atom is -0.0107 e. The Morgan fingerprint density at radius 2 is 1.75 bits per heavy atom. The fraction of sp³-hybridized carbons (Fsp3) is 0.500. The second kappa shape index (κ2) is 3.76. The molecule has 1 fully saturated rings. The van der Waals surface area contributed by atoms with Crippen LogP contribution in [0.15, 0.2) is 35.9 Å². The number of hydrogen-bond donors (Lipinski definition) is 0. The van der Waals surface area contributed by atoms with E-state index in [0.29, 0.717) is 5.41 Å². The van der Waals surface area contributed by atoms with Gasteiger partial charge in [-0.25, -0.2) is 0 Å². The predicted octanol–water partition coefficient (Wildman–Crippen LogP) is 4.81. The summed E-state index contributed by atoms with van der Waals surface area (Å²) in [7, 11) is 0. The quantitative estimate of drug-likeness (QED) is 0.626. The second-order valence-corrected chi connectivity index (χ2v) is 5.59. The minimum atomic E-state index is 0.545. The zero-order valence-corrected chi connectivity index (χ0v) is 10.1. The van der Waals surface area contributed by atoms with Gasteiger partial charge in [0.1, 0.15) is 0 Å². The fourth-order valence-electron chi connectivity index (χ4n) is 3.57. The van der Waals surface area contributed by atoms with Gasteiger partial charge < -0.3 is 0 Å². The molecule has 3 rings (SSSR count). The Bertz CT molecular complexity index is 413. The molecule has 1 saturated carbocycles. The molecule has 2 aliphatic carbocycles. The summed E-state index contributed by atoms with van der Waals surface area (Å²) in [5, 5.41) is 0. The van der Waals surface area contributed by atoms with E-state index in [4.69, 9.17) is 0 Å². The molecule has 0 radical (unpaired) electrons. The van der Waals surface area contributed by atoms with Gasteiger partial charge in [-0.2, -0.15) is 0 Å². The van der Waals surface area contributed by atoms with Crippen LogP contribution in [0.4, 0.5) is 0 Å². The zero-order valence-electron chi connectivity index (χ0n) is 10.1. The van der Waals surface area contributed by atoms with Gasteiger partial charge in [0.15, 0.2) is 0 Å². The normalized spacial score (nSPS) is 29.3. The molecule has 1 atom stereocenters. The summed E-state index contributed by atoms with van der Waals surface area (Å²) in [6.45, 7) is 2.48. The van der Waals surface area contributed by atoms with Crippen molar-refractivity contribution in [2.45, 2.75) is 45.4 Å². The molecule has 0 amide bonds. The molecule has 0 saturated heterocycles. The summed E-state index contributed by atoms with van der Waals surface area (Å²) in [6, 6.07) is 11.0. The summed E-state index contributed by atoms with van der Waals surface area (Å²) in [4.78, 5) is 0. The van der Waals surface area contributed by atoms with Crippen molar-refractivity contribution in [2.75, 3.05) is 0 Å². The van der Waals surface area contributed by atoms with Crippen LogP contribution in [0, 0.1) is 5.41 Å². The molecule has 16 heavy (non-hydrogen) atoms. The van der Waals surface area contributed by atoms with Gasteiger partial charge in [0.2, 0.25) is 0 Å². The number of fused-ring (bicyclic) bond motifs is 1. The summed E-state index contributed by atoms with van der Waals surface area (Å²) >= 11 is 0. The molecule has 0 heteroatoms. The third-order valence-corrected chi connectivity index (χ3v) is 4.55. The molecule has 0 spiro atoms. The molecular formula is C16H20. The SMILES string of the molecule is CC12CCCCC1=C(c1ccccc1)CC2. The van der Waals surface area contributed by atoms with Crippen molar-refractivity contribution in [3.05, 3.63) is 41.5 Å². The molecule has 1 aromatic carbocycles. The Labute approximate surface area is 98.4 Å². The third kappa shape index (κ3) is 1.52. The van der Waals surface area contributed by atoms with E-state index in [2.05, 4.69) is 37.3 Å². The highest BCUT2D eigenvalue weighted by Crippen LogP contribution is 2.53. The molecular weight excluding hydrogens is 192 g/mol. The highest BCUT2D eigenvalue weighted by atomic mass is 14.4. The lowest BCUT2D eigenvalue weighted by atomic mass is 9.72. The Balaban J connectivity index is 2.04. The van der Waals surface area contributed by atoms with Gasteiger partial charge in [0, 0.05) is 0 Å². The van der Waals surface area contributed by atoms with Crippen LogP contribution >= 0.6 is 0 Å². The van der Waals surface area contributed by atoms with E-state index in [9.17, 15) is 0 Å². The predicted molar refractivity (Wildman–Crippen MR) is 69.2 cm³/mol. The lowest BCUT2D eigenvalue weighted by molar-refractivity contribution is 0.305. The molecule has 1 aromatic rings. The summed E-state index contributed by atoms with van der Waals surface area (Å²) in [5.74, 6) is 0. The van der Waals surface area contributed by atoms with E-state index in [-0.39, 0.29) is 0 Å². The van der Waals surface area contributed by atoms with Crippen LogP contribution < -0.4 is 0 Å². The molecule has 84 valence electrons. The molecule has 1 unspecified atom stereocenters. The average molecular weight is 212 g/mol. The third-order valence-electron chi connectivity index (χ3n) is 4.55. The largest absolute Gasteiger partial charge is 0.0622 e. The molecule has 0 N–H and O–H groups in total. The maximum atomic E-state index is 2.48. The Morgan fingerprint density at radius 3 is 2.56 bits per heavy atom. The van der Waals surface area contributed by atoms with Crippen LogP contribution in [0.25, 0.3) is 5.57 Å². The summed E-state index contributed by atoms with van der Waals surface area (Å²) in [6.07, 6.45) is 8.28. The minimum Gasteiger partial charge on any atom is -0.0622 e.